The van der Waals surface area contributed by atoms with Crippen LogP contribution in [-0.4, -0.2) is 77.3 Å². The molecule has 0 amide bonds. The molecular weight excluding hydrogens is 598 g/mol. The van der Waals surface area contributed by atoms with Crippen LogP contribution in [0.15, 0.2) is 82.5 Å². The summed E-state index contributed by atoms with van der Waals surface area (Å²) in [5.74, 6) is -5.44. The number of aromatic nitrogens is 2. The van der Waals surface area contributed by atoms with Crippen LogP contribution < -0.4 is 11.2 Å². The van der Waals surface area contributed by atoms with E-state index < -0.39 is 85.2 Å². The maximum Gasteiger partial charge on any atom is 0.338 e. The predicted octanol–water partition coefficient (Wildman–Crippen LogP) is 2.77. The Morgan fingerprint density at radius 1 is 0.889 bits per heavy atom. The number of benzene rings is 2. The van der Waals surface area contributed by atoms with E-state index >= 15 is 8.78 Å². The number of H-pyrrole nitrogens is 1. The molecule has 0 unspecified atom stereocenters. The van der Waals surface area contributed by atoms with Crippen LogP contribution in [0.5, 0.6) is 0 Å². The third-order valence-electron chi connectivity index (χ3n) is 7.65. The monoisotopic (exact) mass is 630 g/mol. The minimum Gasteiger partial charge on any atom is -0.459 e. The average Bonchev–Trinajstić information content (AvgIpc) is 3.59. The van der Waals surface area contributed by atoms with Crippen LogP contribution in [-0.2, 0) is 39.8 Å². The molecule has 0 radical (unpaired) electrons. The van der Waals surface area contributed by atoms with Gasteiger partial charge in [0.2, 0.25) is 6.29 Å². The van der Waals surface area contributed by atoms with E-state index in [1.165, 1.54) is 6.20 Å². The summed E-state index contributed by atoms with van der Waals surface area (Å²) in [6.45, 7) is 2.24. The molecule has 3 fully saturated rings. The summed E-state index contributed by atoms with van der Waals surface area (Å²) >= 11 is 0. The number of hydrogen-bond donors (Lipinski definition) is 1. The summed E-state index contributed by atoms with van der Waals surface area (Å²) in [7, 11) is 0. The predicted molar refractivity (Wildman–Crippen MR) is 150 cm³/mol. The highest BCUT2D eigenvalue weighted by atomic mass is 19.3. The highest BCUT2D eigenvalue weighted by Gasteiger charge is 2.62. The van der Waals surface area contributed by atoms with Crippen LogP contribution in [0.3, 0.4) is 0 Å². The van der Waals surface area contributed by atoms with Gasteiger partial charge in [0.1, 0.15) is 31.0 Å². The van der Waals surface area contributed by atoms with Crippen molar-refractivity contribution in [1.82, 2.24) is 9.55 Å². The molecule has 3 aromatic rings. The van der Waals surface area contributed by atoms with Crippen molar-refractivity contribution in [2.75, 3.05) is 13.2 Å². The Morgan fingerprint density at radius 2 is 1.58 bits per heavy atom. The number of nitrogens with zero attached hydrogens (tertiary/aromatic N) is 1. The number of ether oxygens (including phenoxy) is 7. The van der Waals surface area contributed by atoms with Crippen molar-refractivity contribution in [3.05, 3.63) is 105 Å². The summed E-state index contributed by atoms with van der Waals surface area (Å²) in [6.07, 6.45) is -7.63. The van der Waals surface area contributed by atoms with Crippen molar-refractivity contribution >= 4 is 5.97 Å². The minimum absolute atomic E-state index is 0.147. The fourth-order valence-electron chi connectivity index (χ4n) is 5.60. The lowest BCUT2D eigenvalue weighted by Crippen LogP contribution is -2.45. The van der Waals surface area contributed by atoms with Gasteiger partial charge in [-0.05, 0) is 31.5 Å². The van der Waals surface area contributed by atoms with Crippen molar-refractivity contribution in [1.29, 1.82) is 0 Å². The number of carbonyl (C=O) groups excluding carboxylic acids is 1. The molecule has 1 N–H and O–H groups in total. The molecule has 4 heterocycles. The quantitative estimate of drug-likeness (QED) is 0.333. The van der Waals surface area contributed by atoms with Crippen molar-refractivity contribution in [2.24, 2.45) is 0 Å². The summed E-state index contributed by atoms with van der Waals surface area (Å²) in [5.41, 5.74) is -0.420. The molecule has 3 saturated heterocycles. The van der Waals surface area contributed by atoms with Crippen LogP contribution in [0.25, 0.3) is 0 Å². The number of halogens is 2. The molecule has 0 aliphatic carbocycles. The molecule has 1 aromatic heterocycles. The first-order chi connectivity index (χ1) is 21.5. The van der Waals surface area contributed by atoms with Crippen LogP contribution >= 0.6 is 0 Å². The molecule has 14 heteroatoms. The molecule has 2 aromatic carbocycles. The number of fused-ring (bicyclic) bond motifs is 1. The smallest absolute Gasteiger partial charge is 0.338 e. The largest absolute Gasteiger partial charge is 0.459 e. The number of alkyl halides is 2. The Balaban J connectivity index is 1.17. The van der Waals surface area contributed by atoms with Crippen molar-refractivity contribution in [3.8, 4) is 0 Å². The van der Waals surface area contributed by atoms with Crippen LogP contribution in [0.2, 0.25) is 0 Å². The van der Waals surface area contributed by atoms with Gasteiger partial charge in [-0.3, -0.25) is 14.3 Å². The topological polar surface area (TPSA) is 137 Å². The van der Waals surface area contributed by atoms with Gasteiger partial charge >= 0.3 is 17.6 Å². The zero-order chi connectivity index (χ0) is 31.8. The highest BCUT2D eigenvalue weighted by molar-refractivity contribution is 5.89. The molecule has 0 saturated carbocycles. The SMILES string of the molecule is CC1(C)O[C@@H]2[C@H](O1)[C@@H](CO[C@@H]1O[C@H](COC(=O)c3ccccc3)[C@@H](OCc3ccccc3)C1(F)F)O[C@H]2n1ccc(=O)[nH]c1=O. The molecule has 240 valence electrons. The number of nitrogens with one attached hydrogen (secondary N) is 1. The van der Waals surface area contributed by atoms with Crippen molar-refractivity contribution < 1.29 is 46.7 Å². The van der Waals surface area contributed by atoms with E-state index in [1.54, 1.807) is 74.5 Å². The van der Waals surface area contributed by atoms with Gasteiger partial charge in [0, 0.05) is 12.3 Å². The second-order valence-corrected chi connectivity index (χ2v) is 11.3. The molecular formula is C31H32F2N2O10. The van der Waals surface area contributed by atoms with E-state index in [-0.39, 0.29) is 12.2 Å². The lowest BCUT2D eigenvalue weighted by molar-refractivity contribution is -0.249. The Bertz CT molecular complexity index is 1600. The van der Waals surface area contributed by atoms with E-state index in [0.717, 1.165) is 10.6 Å². The summed E-state index contributed by atoms with van der Waals surface area (Å²) in [4.78, 5) is 38.8. The van der Waals surface area contributed by atoms with Crippen molar-refractivity contribution in [2.45, 2.75) is 75.2 Å². The van der Waals surface area contributed by atoms with E-state index in [0.29, 0.717) is 5.56 Å². The number of hydrogen-bond acceptors (Lipinski definition) is 10. The number of rotatable bonds is 10. The molecule has 3 aliphatic rings. The van der Waals surface area contributed by atoms with Gasteiger partial charge in [0.15, 0.2) is 18.1 Å². The normalized spacial score (nSPS) is 29.8. The van der Waals surface area contributed by atoms with Gasteiger partial charge in [-0.15, -0.1) is 0 Å². The van der Waals surface area contributed by atoms with Gasteiger partial charge in [-0.1, -0.05) is 48.5 Å². The molecule has 6 rings (SSSR count). The Kier molecular flexibility index (Phi) is 8.70. The standard InChI is InChI=1S/C31H32F2N2O10/c1-30(2)44-23-20(42-26(24(23)45-30)35-14-13-22(36)34-29(35)38)16-41-28-31(32,33)25(39-15-18-9-5-3-6-10-18)21(43-28)17-40-27(37)19-11-7-4-8-12-19/h3-14,20-21,23-26,28H,15-17H2,1-2H3,(H,34,36,38)/t20-,21-,23-,24-,25-,26-,28-/m1/s1. The van der Waals surface area contributed by atoms with Gasteiger partial charge < -0.3 is 33.2 Å². The third kappa shape index (κ3) is 6.61. The Morgan fingerprint density at radius 3 is 2.29 bits per heavy atom. The van der Waals surface area contributed by atoms with Gasteiger partial charge in [0.05, 0.1) is 18.8 Å². The highest BCUT2D eigenvalue weighted by Crippen LogP contribution is 2.44. The first-order valence-corrected chi connectivity index (χ1v) is 14.4. The maximum absolute atomic E-state index is 15.9. The number of esters is 1. The van der Waals surface area contributed by atoms with Crippen LogP contribution in [0.1, 0.15) is 36.0 Å². The second-order valence-electron chi connectivity index (χ2n) is 11.3. The molecule has 45 heavy (non-hydrogen) atoms. The molecule has 0 bridgehead atoms. The lowest BCUT2D eigenvalue weighted by atomic mass is 10.1. The summed E-state index contributed by atoms with van der Waals surface area (Å²) in [6, 6.07) is 18.0. The van der Waals surface area contributed by atoms with E-state index in [2.05, 4.69) is 4.98 Å². The fourth-order valence-corrected chi connectivity index (χ4v) is 5.60. The molecule has 0 spiro atoms. The number of carbonyl (C=O) groups is 1. The first-order valence-electron chi connectivity index (χ1n) is 14.4. The van der Waals surface area contributed by atoms with Gasteiger partial charge in [0.25, 0.3) is 5.56 Å². The van der Waals surface area contributed by atoms with Gasteiger partial charge in [-0.25, -0.2) is 9.59 Å². The van der Waals surface area contributed by atoms with Crippen LogP contribution in [0, 0.1) is 0 Å². The maximum atomic E-state index is 15.9. The van der Waals surface area contributed by atoms with Crippen molar-refractivity contribution in [3.63, 3.8) is 0 Å². The fraction of sp³-hybridized carbons (Fsp3) is 0.452. The second kappa shape index (κ2) is 12.5. The third-order valence-corrected chi connectivity index (χ3v) is 7.65. The zero-order valence-corrected chi connectivity index (χ0v) is 24.4. The minimum atomic E-state index is -3.67. The lowest BCUT2D eigenvalue weighted by Gasteiger charge is -2.26. The van der Waals surface area contributed by atoms with E-state index in [4.69, 9.17) is 33.2 Å². The summed E-state index contributed by atoms with van der Waals surface area (Å²) < 4.78 is 73.1. The van der Waals surface area contributed by atoms with E-state index in [9.17, 15) is 14.4 Å². The average molecular weight is 631 g/mol. The molecule has 12 nitrogen and oxygen atoms in total. The molecule has 7 atom stereocenters. The summed E-state index contributed by atoms with van der Waals surface area (Å²) in [5, 5.41) is 0. The molecule has 3 aliphatic heterocycles. The Labute approximate surface area is 255 Å². The van der Waals surface area contributed by atoms with E-state index in [1.807, 2.05) is 0 Å². The van der Waals surface area contributed by atoms with Gasteiger partial charge in [-0.2, -0.15) is 8.78 Å². The Hall–Kier alpha value is -3.79. The number of aromatic amines is 1. The first kappa shape index (κ1) is 31.2. The van der Waals surface area contributed by atoms with Crippen LogP contribution in [0.4, 0.5) is 8.78 Å². The zero-order valence-electron chi connectivity index (χ0n) is 24.4.